The van der Waals surface area contributed by atoms with E-state index in [4.69, 9.17) is 16.3 Å². The van der Waals surface area contributed by atoms with Crippen LogP contribution in [0.15, 0.2) is 24.3 Å². The highest BCUT2D eigenvalue weighted by Crippen LogP contribution is 2.26. The van der Waals surface area contributed by atoms with Crippen molar-refractivity contribution in [2.75, 3.05) is 12.4 Å². The average Bonchev–Trinajstić information content (AvgIpc) is 2.28. The van der Waals surface area contributed by atoms with Crippen molar-refractivity contribution in [1.82, 2.24) is 0 Å². The second-order valence-corrected chi connectivity index (χ2v) is 5.87. The van der Waals surface area contributed by atoms with Crippen molar-refractivity contribution in [2.24, 2.45) is 5.41 Å². The lowest BCUT2D eigenvalue weighted by Crippen LogP contribution is -2.34. The number of anilines is 1. The zero-order valence-corrected chi connectivity index (χ0v) is 12.0. The third kappa shape index (κ3) is 4.57. The van der Waals surface area contributed by atoms with E-state index in [1.807, 2.05) is 18.2 Å². The average molecular weight is 270 g/mol. The molecule has 1 aromatic rings. The minimum atomic E-state index is -0.394. The standard InChI is InChI=1S/C14H20ClNO2/c1-14(2,3)9-12(13(17)18-4)16-11-8-6-5-7-10(11)15/h5-8,12,16H,9H2,1-4H3. The fourth-order valence-corrected chi connectivity index (χ4v) is 1.90. The Morgan fingerprint density at radius 1 is 1.39 bits per heavy atom. The molecule has 1 unspecified atom stereocenters. The van der Waals surface area contributed by atoms with Gasteiger partial charge in [0.25, 0.3) is 0 Å². The molecule has 100 valence electrons. The first-order chi connectivity index (χ1) is 8.33. The smallest absolute Gasteiger partial charge is 0.328 e. The zero-order valence-electron chi connectivity index (χ0n) is 11.3. The van der Waals surface area contributed by atoms with Crippen LogP contribution >= 0.6 is 11.6 Å². The highest BCUT2D eigenvalue weighted by molar-refractivity contribution is 6.33. The number of para-hydroxylation sites is 1. The second-order valence-electron chi connectivity index (χ2n) is 5.46. The van der Waals surface area contributed by atoms with Gasteiger partial charge in [-0.25, -0.2) is 4.79 Å². The molecule has 0 aliphatic heterocycles. The van der Waals surface area contributed by atoms with Crippen molar-refractivity contribution in [1.29, 1.82) is 0 Å². The number of benzene rings is 1. The minimum Gasteiger partial charge on any atom is -0.467 e. The first kappa shape index (κ1) is 14.8. The third-order valence-electron chi connectivity index (χ3n) is 2.51. The Kier molecular flexibility index (Phi) is 5.03. The van der Waals surface area contributed by atoms with Crippen molar-refractivity contribution in [3.63, 3.8) is 0 Å². The van der Waals surface area contributed by atoms with Crippen LogP contribution in [0.4, 0.5) is 5.69 Å². The molecule has 0 amide bonds. The summed E-state index contributed by atoms with van der Waals surface area (Å²) in [6, 6.07) is 6.97. The molecule has 0 aromatic heterocycles. The summed E-state index contributed by atoms with van der Waals surface area (Å²) < 4.78 is 4.83. The maximum absolute atomic E-state index is 11.8. The number of hydrogen-bond acceptors (Lipinski definition) is 3. The van der Waals surface area contributed by atoms with Crippen LogP contribution in [-0.4, -0.2) is 19.1 Å². The molecule has 0 aliphatic rings. The van der Waals surface area contributed by atoms with Gasteiger partial charge in [-0.2, -0.15) is 0 Å². The SMILES string of the molecule is COC(=O)C(CC(C)(C)C)Nc1ccccc1Cl. The Morgan fingerprint density at radius 3 is 2.50 bits per heavy atom. The molecule has 0 fully saturated rings. The molecule has 1 N–H and O–H groups in total. The van der Waals surface area contributed by atoms with Gasteiger partial charge in [0.05, 0.1) is 17.8 Å². The van der Waals surface area contributed by atoms with Crippen LogP contribution < -0.4 is 5.32 Å². The van der Waals surface area contributed by atoms with E-state index in [2.05, 4.69) is 26.1 Å². The van der Waals surface area contributed by atoms with Crippen molar-refractivity contribution >= 4 is 23.3 Å². The number of esters is 1. The topological polar surface area (TPSA) is 38.3 Å². The fourth-order valence-electron chi connectivity index (χ4n) is 1.71. The largest absolute Gasteiger partial charge is 0.467 e. The van der Waals surface area contributed by atoms with E-state index in [0.717, 1.165) is 5.69 Å². The first-order valence-electron chi connectivity index (χ1n) is 5.92. The number of halogens is 1. The molecule has 1 rings (SSSR count). The van der Waals surface area contributed by atoms with E-state index in [-0.39, 0.29) is 11.4 Å². The first-order valence-corrected chi connectivity index (χ1v) is 6.30. The maximum atomic E-state index is 11.8. The molecule has 0 bridgehead atoms. The van der Waals surface area contributed by atoms with Crippen molar-refractivity contribution < 1.29 is 9.53 Å². The van der Waals surface area contributed by atoms with Gasteiger partial charge in [-0.3, -0.25) is 0 Å². The molecule has 18 heavy (non-hydrogen) atoms. The van der Waals surface area contributed by atoms with E-state index >= 15 is 0 Å². The van der Waals surface area contributed by atoms with E-state index < -0.39 is 6.04 Å². The van der Waals surface area contributed by atoms with Gasteiger partial charge in [0, 0.05) is 0 Å². The lowest BCUT2D eigenvalue weighted by atomic mass is 9.88. The highest BCUT2D eigenvalue weighted by atomic mass is 35.5. The molecule has 0 saturated heterocycles. The van der Waals surface area contributed by atoms with E-state index in [1.54, 1.807) is 6.07 Å². The molecule has 1 aromatic carbocycles. The van der Waals surface area contributed by atoms with Gasteiger partial charge in [0.2, 0.25) is 0 Å². The lowest BCUT2D eigenvalue weighted by Gasteiger charge is -2.26. The van der Waals surface area contributed by atoms with Crippen LogP contribution in [0.1, 0.15) is 27.2 Å². The molecule has 4 heteroatoms. The summed E-state index contributed by atoms with van der Waals surface area (Å²) in [7, 11) is 1.40. The quantitative estimate of drug-likeness (QED) is 0.847. The molecular weight excluding hydrogens is 250 g/mol. The van der Waals surface area contributed by atoms with E-state index in [9.17, 15) is 4.79 Å². The third-order valence-corrected chi connectivity index (χ3v) is 2.84. The Bertz CT molecular complexity index is 413. The summed E-state index contributed by atoms with van der Waals surface area (Å²) in [4.78, 5) is 11.8. The summed E-state index contributed by atoms with van der Waals surface area (Å²) in [5.41, 5.74) is 0.770. The van der Waals surface area contributed by atoms with E-state index in [1.165, 1.54) is 7.11 Å². The Hall–Kier alpha value is -1.22. The summed E-state index contributed by atoms with van der Waals surface area (Å²) >= 11 is 6.07. The number of carbonyl (C=O) groups excluding carboxylic acids is 1. The summed E-state index contributed by atoms with van der Waals surface area (Å²) in [5, 5.41) is 3.75. The van der Waals surface area contributed by atoms with Crippen molar-refractivity contribution in [2.45, 2.75) is 33.2 Å². The monoisotopic (exact) mass is 269 g/mol. The van der Waals surface area contributed by atoms with Gasteiger partial charge in [-0.1, -0.05) is 44.5 Å². The molecule has 0 spiro atoms. The predicted molar refractivity (Wildman–Crippen MR) is 75.0 cm³/mol. The van der Waals surface area contributed by atoms with Crippen LogP contribution in [0.3, 0.4) is 0 Å². The minimum absolute atomic E-state index is 0.0209. The van der Waals surface area contributed by atoms with Gasteiger partial charge >= 0.3 is 5.97 Å². The number of rotatable bonds is 4. The van der Waals surface area contributed by atoms with E-state index in [0.29, 0.717) is 11.4 Å². The van der Waals surface area contributed by atoms with Crippen molar-refractivity contribution in [3.8, 4) is 0 Å². The van der Waals surface area contributed by atoms with Crippen LogP contribution in [0.5, 0.6) is 0 Å². The normalized spacial score (nSPS) is 12.9. The molecule has 0 heterocycles. The number of nitrogens with one attached hydrogen (secondary N) is 1. The predicted octanol–water partition coefficient (Wildman–Crippen LogP) is 3.73. The molecule has 0 saturated carbocycles. The lowest BCUT2D eigenvalue weighted by molar-refractivity contribution is -0.142. The van der Waals surface area contributed by atoms with Gasteiger partial charge in [0.1, 0.15) is 6.04 Å². The molecule has 0 radical (unpaired) electrons. The van der Waals surface area contributed by atoms with Gasteiger partial charge in [-0.05, 0) is 24.0 Å². The summed E-state index contributed by atoms with van der Waals surface area (Å²) in [5.74, 6) is -0.273. The zero-order chi connectivity index (χ0) is 13.8. The molecule has 1 atom stereocenters. The van der Waals surface area contributed by atoms with Crippen LogP contribution in [-0.2, 0) is 9.53 Å². The van der Waals surface area contributed by atoms with Crippen LogP contribution in [0.25, 0.3) is 0 Å². The number of ether oxygens (including phenoxy) is 1. The Labute approximate surface area is 113 Å². The number of methoxy groups -OCH3 is 1. The molecule has 0 aliphatic carbocycles. The van der Waals surface area contributed by atoms with Crippen LogP contribution in [0.2, 0.25) is 5.02 Å². The molecule has 3 nitrogen and oxygen atoms in total. The highest BCUT2D eigenvalue weighted by Gasteiger charge is 2.25. The maximum Gasteiger partial charge on any atom is 0.328 e. The van der Waals surface area contributed by atoms with Crippen molar-refractivity contribution in [3.05, 3.63) is 29.3 Å². The number of hydrogen-bond donors (Lipinski definition) is 1. The fraction of sp³-hybridized carbons (Fsp3) is 0.500. The van der Waals surface area contributed by atoms with Gasteiger partial charge < -0.3 is 10.1 Å². The second kappa shape index (κ2) is 6.10. The van der Waals surface area contributed by atoms with Crippen LogP contribution in [0, 0.1) is 5.41 Å². The summed E-state index contributed by atoms with van der Waals surface area (Å²) in [6.07, 6.45) is 0.672. The van der Waals surface area contributed by atoms with Gasteiger partial charge in [0.15, 0.2) is 0 Å². The summed E-state index contributed by atoms with van der Waals surface area (Å²) in [6.45, 7) is 6.24. The Morgan fingerprint density at radius 2 is 2.00 bits per heavy atom. The number of carbonyl (C=O) groups is 1. The molecular formula is C14H20ClNO2. The Balaban J connectivity index is 2.85. The van der Waals surface area contributed by atoms with Gasteiger partial charge in [-0.15, -0.1) is 0 Å².